The van der Waals surface area contributed by atoms with Gasteiger partial charge >= 0.3 is 0 Å². The Bertz CT molecular complexity index is 952. The molecule has 1 aromatic carbocycles. The Morgan fingerprint density at radius 3 is 2.50 bits per heavy atom. The maximum Gasteiger partial charge on any atom is 0.262 e. The van der Waals surface area contributed by atoms with E-state index in [2.05, 4.69) is 16.8 Å². The number of amides is 2. The minimum atomic E-state index is -0.540. The van der Waals surface area contributed by atoms with Gasteiger partial charge in [-0.1, -0.05) is 37.3 Å². The van der Waals surface area contributed by atoms with E-state index < -0.39 is 5.91 Å². The Morgan fingerprint density at radius 2 is 1.90 bits per heavy atom. The van der Waals surface area contributed by atoms with E-state index in [1.807, 2.05) is 63.2 Å². The van der Waals surface area contributed by atoms with Gasteiger partial charge in [-0.15, -0.1) is 0 Å². The number of benzene rings is 1. The quantitative estimate of drug-likeness (QED) is 0.511. The fraction of sp³-hybridized carbons (Fsp3) is 0.375. The summed E-state index contributed by atoms with van der Waals surface area (Å²) in [4.78, 5) is 26.7. The zero-order valence-electron chi connectivity index (χ0n) is 18.2. The van der Waals surface area contributed by atoms with Crippen LogP contribution in [0.5, 0.6) is 0 Å². The lowest BCUT2D eigenvalue weighted by atomic mass is 10.1. The number of nitrogens with zero attached hydrogens (tertiary/aromatic N) is 3. The topological polar surface area (TPSA) is 78.1 Å². The molecule has 0 radical (unpaired) electrons. The predicted octanol–water partition coefficient (Wildman–Crippen LogP) is 3.59. The highest BCUT2D eigenvalue weighted by Crippen LogP contribution is 2.18. The highest BCUT2D eigenvalue weighted by molar-refractivity contribution is 6.03. The Balaban J connectivity index is 2.04. The van der Waals surface area contributed by atoms with Crippen LogP contribution in [0.15, 0.2) is 42.0 Å². The van der Waals surface area contributed by atoms with Crippen molar-refractivity contribution in [2.45, 2.75) is 47.2 Å². The van der Waals surface area contributed by atoms with Gasteiger partial charge in [0.05, 0.1) is 6.54 Å². The van der Waals surface area contributed by atoms with Crippen LogP contribution in [0.4, 0.5) is 0 Å². The zero-order valence-corrected chi connectivity index (χ0v) is 18.2. The van der Waals surface area contributed by atoms with Crippen molar-refractivity contribution in [1.82, 2.24) is 14.8 Å². The molecule has 1 N–H and O–H groups in total. The van der Waals surface area contributed by atoms with E-state index in [0.717, 1.165) is 35.5 Å². The molecule has 1 aromatic heterocycles. The molecule has 0 saturated heterocycles. The maximum absolute atomic E-state index is 12.5. The summed E-state index contributed by atoms with van der Waals surface area (Å²) in [6.45, 7) is 9.76. The van der Waals surface area contributed by atoms with Gasteiger partial charge in [0.2, 0.25) is 5.91 Å². The average molecular weight is 407 g/mol. The van der Waals surface area contributed by atoms with Crippen LogP contribution in [-0.4, -0.2) is 34.4 Å². The molecule has 1 heterocycles. The van der Waals surface area contributed by atoms with Gasteiger partial charge in [0.15, 0.2) is 0 Å². The number of rotatable bonds is 9. The van der Waals surface area contributed by atoms with Gasteiger partial charge in [-0.05, 0) is 50.5 Å². The molecule has 0 saturated carbocycles. The molecule has 0 spiro atoms. The summed E-state index contributed by atoms with van der Waals surface area (Å²) in [7, 11) is 0. The van der Waals surface area contributed by atoms with E-state index in [-0.39, 0.29) is 18.0 Å². The van der Waals surface area contributed by atoms with Crippen LogP contribution in [-0.2, 0) is 22.7 Å². The molecule has 2 amide bonds. The van der Waals surface area contributed by atoms with Crippen LogP contribution in [0, 0.1) is 25.2 Å². The van der Waals surface area contributed by atoms with Gasteiger partial charge in [-0.2, -0.15) is 5.26 Å². The number of hydrogen-bond donors (Lipinski definition) is 1. The van der Waals surface area contributed by atoms with Crippen molar-refractivity contribution in [1.29, 1.82) is 5.26 Å². The number of likely N-dealkylation sites (N-methyl/N-ethyl adjacent to an activating group) is 1. The molecule has 0 aliphatic carbocycles. The van der Waals surface area contributed by atoms with Crippen LogP contribution >= 0.6 is 0 Å². The first-order valence-electron chi connectivity index (χ1n) is 10.3. The molecule has 30 heavy (non-hydrogen) atoms. The molecule has 6 nitrogen and oxygen atoms in total. The summed E-state index contributed by atoms with van der Waals surface area (Å²) in [5, 5.41) is 12.1. The Labute approximate surface area is 178 Å². The molecular weight excluding hydrogens is 376 g/mol. The Kier molecular flexibility index (Phi) is 8.42. The summed E-state index contributed by atoms with van der Waals surface area (Å²) in [5.74, 6) is -0.727. The number of carbonyl (C=O) groups excluding carboxylic acids is 2. The smallest absolute Gasteiger partial charge is 0.262 e. The second kappa shape index (κ2) is 11.0. The summed E-state index contributed by atoms with van der Waals surface area (Å²) < 4.78 is 2.17. The molecule has 0 unspecified atom stereocenters. The summed E-state index contributed by atoms with van der Waals surface area (Å²) in [5.41, 5.74) is 3.97. The van der Waals surface area contributed by atoms with Crippen LogP contribution in [0.1, 0.15) is 42.8 Å². The minimum Gasteiger partial charge on any atom is -0.349 e. The first-order chi connectivity index (χ1) is 14.4. The largest absolute Gasteiger partial charge is 0.349 e. The van der Waals surface area contributed by atoms with Gasteiger partial charge < -0.3 is 14.8 Å². The zero-order chi connectivity index (χ0) is 22.1. The first-order valence-corrected chi connectivity index (χ1v) is 10.3. The third kappa shape index (κ3) is 5.84. The van der Waals surface area contributed by atoms with Crippen LogP contribution in [0.3, 0.4) is 0 Å². The number of aromatic nitrogens is 1. The third-order valence-corrected chi connectivity index (χ3v) is 5.08. The van der Waals surface area contributed by atoms with E-state index in [1.165, 1.54) is 0 Å². The van der Waals surface area contributed by atoms with Crippen LogP contribution in [0.25, 0.3) is 6.08 Å². The van der Waals surface area contributed by atoms with Gasteiger partial charge in [0.1, 0.15) is 11.6 Å². The minimum absolute atomic E-state index is 0.00865. The molecule has 0 bridgehead atoms. The lowest BCUT2D eigenvalue weighted by Gasteiger charge is -2.21. The van der Waals surface area contributed by atoms with Crippen molar-refractivity contribution >= 4 is 17.9 Å². The van der Waals surface area contributed by atoms with E-state index in [4.69, 9.17) is 0 Å². The molecule has 6 heteroatoms. The van der Waals surface area contributed by atoms with Crippen molar-refractivity contribution in [2.24, 2.45) is 0 Å². The van der Waals surface area contributed by atoms with Crippen molar-refractivity contribution in [3.63, 3.8) is 0 Å². The van der Waals surface area contributed by atoms with Gasteiger partial charge in [-0.25, -0.2) is 0 Å². The summed E-state index contributed by atoms with van der Waals surface area (Å²) >= 11 is 0. The second-order valence-corrected chi connectivity index (χ2v) is 7.22. The standard InChI is InChI=1S/C24H30N4O2/c1-5-12-28-18(3)13-21(19(28)4)14-22(15-25)24(30)26-16-23(29)27(6-2)17-20-10-8-7-9-11-20/h7-11,13-14H,5-6,12,16-17H2,1-4H3,(H,26,30). The number of hydrogen-bond acceptors (Lipinski definition) is 3. The van der Waals surface area contributed by atoms with Gasteiger partial charge in [-0.3, -0.25) is 9.59 Å². The number of nitrogens with one attached hydrogen (secondary N) is 1. The molecule has 0 aliphatic rings. The van der Waals surface area contributed by atoms with E-state index >= 15 is 0 Å². The SMILES string of the molecule is CCCn1c(C)cc(C=C(C#N)C(=O)NCC(=O)N(CC)Cc2ccccc2)c1C. The normalized spacial score (nSPS) is 11.1. The summed E-state index contributed by atoms with van der Waals surface area (Å²) in [6.07, 6.45) is 2.60. The molecule has 0 aliphatic heterocycles. The second-order valence-electron chi connectivity index (χ2n) is 7.22. The third-order valence-electron chi connectivity index (χ3n) is 5.08. The lowest BCUT2D eigenvalue weighted by Crippen LogP contribution is -2.40. The van der Waals surface area contributed by atoms with Gasteiger partial charge in [0, 0.05) is 31.0 Å². The molecule has 158 valence electrons. The Hall–Kier alpha value is -3.33. The van der Waals surface area contributed by atoms with Crippen LogP contribution < -0.4 is 5.32 Å². The first kappa shape index (κ1) is 23.0. The maximum atomic E-state index is 12.5. The molecule has 0 fully saturated rings. The van der Waals surface area contributed by atoms with E-state index in [9.17, 15) is 14.9 Å². The van der Waals surface area contributed by atoms with Crippen LogP contribution in [0.2, 0.25) is 0 Å². The molecule has 2 aromatic rings. The molecule has 0 atom stereocenters. The highest BCUT2D eigenvalue weighted by Gasteiger charge is 2.16. The van der Waals surface area contributed by atoms with Crippen molar-refractivity contribution in [2.75, 3.05) is 13.1 Å². The monoisotopic (exact) mass is 406 g/mol. The number of carbonyl (C=O) groups is 2. The number of aryl methyl sites for hydroxylation is 1. The fourth-order valence-electron chi connectivity index (χ4n) is 3.39. The van der Waals surface area contributed by atoms with Crippen molar-refractivity contribution in [3.05, 3.63) is 64.5 Å². The molecule has 2 rings (SSSR count). The van der Waals surface area contributed by atoms with Crippen molar-refractivity contribution in [3.8, 4) is 6.07 Å². The number of nitriles is 1. The fourth-order valence-corrected chi connectivity index (χ4v) is 3.39. The van der Waals surface area contributed by atoms with E-state index in [1.54, 1.807) is 11.0 Å². The predicted molar refractivity (Wildman–Crippen MR) is 118 cm³/mol. The highest BCUT2D eigenvalue weighted by atomic mass is 16.2. The lowest BCUT2D eigenvalue weighted by molar-refractivity contribution is -0.132. The average Bonchev–Trinajstić information content (AvgIpc) is 3.02. The molecular formula is C24H30N4O2. The van der Waals surface area contributed by atoms with Crippen molar-refractivity contribution < 1.29 is 9.59 Å². The van der Waals surface area contributed by atoms with Gasteiger partial charge in [0.25, 0.3) is 5.91 Å². The Morgan fingerprint density at radius 1 is 1.20 bits per heavy atom. The summed E-state index contributed by atoms with van der Waals surface area (Å²) in [6, 6.07) is 13.6. The van der Waals surface area contributed by atoms with E-state index in [0.29, 0.717) is 13.1 Å².